The standard InChI is InChI=1S/C33H35F8N3O3/c1-4-11-44(12-5-2)31(47)22-14-19(3)13-21(16-22)30(46)43-29(32(37,38)24-9-10-25(34)28(36)27(24)35)26(45)18-42-17-20-7-6-8-23(15-20)33(39,40)41/h6-10,13-16,26,29,42,45H,4-5,11-12,17-18H2,1-3H3,(H,43,46)/t26-,29+/m1/s1. The van der Waals surface area contributed by atoms with Crippen LogP contribution in [-0.2, 0) is 18.6 Å². The number of aliphatic hydroxyl groups is 1. The van der Waals surface area contributed by atoms with E-state index in [9.17, 15) is 41.0 Å². The molecule has 0 aromatic heterocycles. The Morgan fingerprint density at radius 2 is 1.51 bits per heavy atom. The van der Waals surface area contributed by atoms with Crippen molar-refractivity contribution in [3.63, 3.8) is 0 Å². The summed E-state index contributed by atoms with van der Waals surface area (Å²) in [6.07, 6.45) is -5.58. The molecule has 0 saturated carbocycles. The molecule has 6 nitrogen and oxygen atoms in total. The average molecular weight is 674 g/mol. The summed E-state index contributed by atoms with van der Waals surface area (Å²) in [7, 11) is 0. The van der Waals surface area contributed by atoms with E-state index in [2.05, 4.69) is 5.32 Å². The van der Waals surface area contributed by atoms with Gasteiger partial charge in [0, 0.05) is 37.3 Å². The molecule has 3 rings (SSSR count). The second-order valence-electron chi connectivity index (χ2n) is 11.1. The van der Waals surface area contributed by atoms with E-state index in [-0.39, 0.29) is 35.4 Å². The van der Waals surface area contributed by atoms with Crippen molar-refractivity contribution in [2.24, 2.45) is 0 Å². The van der Waals surface area contributed by atoms with Gasteiger partial charge >= 0.3 is 6.18 Å². The highest BCUT2D eigenvalue weighted by molar-refractivity contribution is 6.00. The SMILES string of the molecule is CCCN(CCC)C(=O)c1cc(C)cc(C(=O)N[C@@H]([C@H](O)CNCc2cccc(C(F)(F)F)c2)C(F)(F)c2ccc(F)c(F)c2F)c1. The van der Waals surface area contributed by atoms with Gasteiger partial charge in [0.05, 0.1) is 17.2 Å². The first kappa shape index (κ1) is 37.4. The van der Waals surface area contributed by atoms with Gasteiger partial charge in [0.1, 0.15) is 6.04 Å². The zero-order valence-corrected chi connectivity index (χ0v) is 25.8. The van der Waals surface area contributed by atoms with Gasteiger partial charge in [0.25, 0.3) is 17.7 Å². The molecule has 0 aliphatic rings. The minimum absolute atomic E-state index is 0.0863. The first-order chi connectivity index (χ1) is 22.0. The summed E-state index contributed by atoms with van der Waals surface area (Å²) < 4.78 is 113. The summed E-state index contributed by atoms with van der Waals surface area (Å²) in [5, 5.41) is 15.3. The lowest BCUT2D eigenvalue weighted by molar-refractivity contribution is -0.137. The maximum atomic E-state index is 15.9. The quantitative estimate of drug-likeness (QED) is 0.131. The molecule has 2 atom stereocenters. The molecular weight excluding hydrogens is 638 g/mol. The highest BCUT2D eigenvalue weighted by Crippen LogP contribution is 2.37. The molecule has 3 N–H and O–H groups in total. The predicted molar refractivity (Wildman–Crippen MR) is 158 cm³/mol. The molecule has 0 aliphatic carbocycles. The Bertz CT molecular complexity index is 1560. The van der Waals surface area contributed by atoms with Crippen LogP contribution in [0.5, 0.6) is 0 Å². The number of amides is 2. The van der Waals surface area contributed by atoms with E-state index in [4.69, 9.17) is 0 Å². The average Bonchev–Trinajstić information content (AvgIpc) is 3.01. The summed E-state index contributed by atoms with van der Waals surface area (Å²) in [4.78, 5) is 28.1. The van der Waals surface area contributed by atoms with Crippen LogP contribution in [0.25, 0.3) is 0 Å². The highest BCUT2D eigenvalue weighted by Gasteiger charge is 2.49. The van der Waals surface area contributed by atoms with Crippen molar-refractivity contribution >= 4 is 11.8 Å². The number of hydrogen-bond acceptors (Lipinski definition) is 4. The molecule has 2 amide bonds. The van der Waals surface area contributed by atoms with Crippen molar-refractivity contribution in [2.75, 3.05) is 19.6 Å². The fraction of sp³-hybridized carbons (Fsp3) is 0.394. The van der Waals surface area contributed by atoms with Gasteiger partial charge < -0.3 is 20.6 Å². The Hall–Kier alpha value is -4.04. The van der Waals surface area contributed by atoms with Crippen molar-refractivity contribution < 1.29 is 49.8 Å². The van der Waals surface area contributed by atoms with E-state index in [1.807, 2.05) is 19.2 Å². The number of aliphatic hydroxyl groups excluding tert-OH is 1. The van der Waals surface area contributed by atoms with Crippen LogP contribution in [0.4, 0.5) is 35.1 Å². The molecule has 47 heavy (non-hydrogen) atoms. The molecule has 3 aromatic rings. The summed E-state index contributed by atoms with van der Waals surface area (Å²) in [5.41, 5.74) is -2.28. The fourth-order valence-corrected chi connectivity index (χ4v) is 5.02. The minimum Gasteiger partial charge on any atom is -0.389 e. The number of benzene rings is 3. The molecule has 0 fully saturated rings. The van der Waals surface area contributed by atoms with Gasteiger partial charge in [-0.05, 0) is 67.3 Å². The number of rotatable bonds is 14. The Morgan fingerprint density at radius 3 is 2.13 bits per heavy atom. The summed E-state index contributed by atoms with van der Waals surface area (Å²) in [5.74, 6) is -12.3. The molecule has 0 bridgehead atoms. The maximum absolute atomic E-state index is 15.9. The van der Waals surface area contributed by atoms with Gasteiger partial charge in [-0.2, -0.15) is 22.0 Å². The molecular formula is C33H35F8N3O3. The van der Waals surface area contributed by atoms with Gasteiger partial charge in [-0.1, -0.05) is 32.0 Å². The molecule has 0 spiro atoms. The topological polar surface area (TPSA) is 81.7 Å². The zero-order valence-electron chi connectivity index (χ0n) is 25.8. The number of carbonyl (C=O) groups excluding carboxylic acids is 2. The lowest BCUT2D eigenvalue weighted by atomic mass is 9.94. The van der Waals surface area contributed by atoms with E-state index in [1.54, 1.807) is 11.8 Å². The molecule has 0 radical (unpaired) electrons. The fourth-order valence-electron chi connectivity index (χ4n) is 5.02. The third kappa shape index (κ3) is 9.28. The normalized spacial score (nSPS) is 13.3. The molecule has 0 aliphatic heterocycles. The Kier molecular flexibility index (Phi) is 12.5. The predicted octanol–water partition coefficient (Wildman–Crippen LogP) is 6.73. The van der Waals surface area contributed by atoms with Crippen molar-refractivity contribution in [2.45, 2.75) is 64.4 Å². The van der Waals surface area contributed by atoms with Gasteiger partial charge in [-0.25, -0.2) is 13.2 Å². The van der Waals surface area contributed by atoms with Crippen molar-refractivity contribution in [1.82, 2.24) is 15.5 Å². The van der Waals surface area contributed by atoms with Crippen LogP contribution in [0.3, 0.4) is 0 Å². The summed E-state index contributed by atoms with van der Waals surface area (Å²) in [6.45, 7) is 5.07. The molecule has 0 heterocycles. The Morgan fingerprint density at radius 1 is 0.872 bits per heavy atom. The summed E-state index contributed by atoms with van der Waals surface area (Å²) >= 11 is 0. The van der Waals surface area contributed by atoms with Gasteiger partial charge in [-0.3, -0.25) is 9.59 Å². The van der Waals surface area contributed by atoms with Gasteiger partial charge in [-0.15, -0.1) is 0 Å². The summed E-state index contributed by atoms with van der Waals surface area (Å²) in [6, 6.07) is 5.92. The largest absolute Gasteiger partial charge is 0.416 e. The Balaban J connectivity index is 1.94. The first-order valence-corrected chi connectivity index (χ1v) is 14.8. The van der Waals surface area contributed by atoms with Crippen LogP contribution in [-0.4, -0.2) is 53.6 Å². The minimum atomic E-state index is -4.65. The van der Waals surface area contributed by atoms with Crippen LogP contribution >= 0.6 is 0 Å². The van der Waals surface area contributed by atoms with Crippen LogP contribution in [0.1, 0.15) is 69.7 Å². The molecule has 14 heteroatoms. The molecule has 0 unspecified atom stereocenters. The van der Waals surface area contributed by atoms with Crippen LogP contribution in [0.15, 0.2) is 54.6 Å². The van der Waals surface area contributed by atoms with E-state index < -0.39 is 71.2 Å². The zero-order chi connectivity index (χ0) is 35.1. The van der Waals surface area contributed by atoms with E-state index in [1.165, 1.54) is 24.3 Å². The number of halogens is 8. The second-order valence-corrected chi connectivity index (χ2v) is 11.1. The number of aryl methyl sites for hydroxylation is 1. The Labute approximate surface area is 266 Å². The number of hydrogen-bond donors (Lipinski definition) is 3. The van der Waals surface area contributed by atoms with Crippen LogP contribution in [0.2, 0.25) is 0 Å². The molecule has 256 valence electrons. The lowest BCUT2D eigenvalue weighted by Crippen LogP contribution is -2.56. The van der Waals surface area contributed by atoms with Crippen molar-refractivity contribution in [3.05, 3.63) is 105 Å². The number of nitrogens with zero attached hydrogens (tertiary/aromatic N) is 1. The van der Waals surface area contributed by atoms with Gasteiger partial charge in [0.2, 0.25) is 0 Å². The second kappa shape index (κ2) is 15.7. The number of alkyl halides is 5. The first-order valence-electron chi connectivity index (χ1n) is 14.8. The number of carbonyl (C=O) groups is 2. The van der Waals surface area contributed by atoms with E-state index in [0.29, 0.717) is 31.5 Å². The van der Waals surface area contributed by atoms with Gasteiger partial charge in [0.15, 0.2) is 17.5 Å². The highest BCUT2D eigenvalue weighted by atomic mass is 19.4. The monoisotopic (exact) mass is 673 g/mol. The third-order valence-corrected chi connectivity index (χ3v) is 7.25. The number of nitrogens with one attached hydrogen (secondary N) is 2. The maximum Gasteiger partial charge on any atom is 0.416 e. The van der Waals surface area contributed by atoms with E-state index >= 15 is 8.78 Å². The molecule has 3 aromatic carbocycles. The van der Waals surface area contributed by atoms with Crippen molar-refractivity contribution in [3.8, 4) is 0 Å². The van der Waals surface area contributed by atoms with E-state index in [0.717, 1.165) is 18.2 Å². The van der Waals surface area contributed by atoms with Crippen LogP contribution in [0, 0.1) is 24.4 Å². The van der Waals surface area contributed by atoms with Crippen LogP contribution < -0.4 is 10.6 Å². The van der Waals surface area contributed by atoms with Crippen molar-refractivity contribution in [1.29, 1.82) is 0 Å². The third-order valence-electron chi connectivity index (χ3n) is 7.25. The molecule has 0 saturated heterocycles. The lowest BCUT2D eigenvalue weighted by Gasteiger charge is -2.32. The smallest absolute Gasteiger partial charge is 0.389 e.